The first kappa shape index (κ1) is 11.1. The van der Waals surface area contributed by atoms with Crippen LogP contribution in [0.1, 0.15) is 11.7 Å². The Hall–Kier alpha value is -1.40. The number of hydrogen-bond acceptors (Lipinski definition) is 3. The SMILES string of the molecule is Cn1nc(Br)c2ccc(C(O)C(=O)O)cc21. The molecule has 0 saturated heterocycles. The summed E-state index contributed by atoms with van der Waals surface area (Å²) in [6.45, 7) is 0. The van der Waals surface area contributed by atoms with E-state index in [1.165, 1.54) is 0 Å². The van der Waals surface area contributed by atoms with Gasteiger partial charge in [0.15, 0.2) is 6.10 Å². The van der Waals surface area contributed by atoms with Crippen LogP contribution >= 0.6 is 15.9 Å². The highest BCUT2D eigenvalue weighted by Crippen LogP contribution is 2.25. The molecule has 0 fully saturated rings. The minimum Gasteiger partial charge on any atom is -0.479 e. The van der Waals surface area contributed by atoms with E-state index < -0.39 is 12.1 Å². The highest BCUT2D eigenvalue weighted by atomic mass is 79.9. The zero-order chi connectivity index (χ0) is 11.9. The number of carbonyl (C=O) groups is 1. The van der Waals surface area contributed by atoms with Gasteiger partial charge in [0.25, 0.3) is 0 Å². The van der Waals surface area contributed by atoms with E-state index >= 15 is 0 Å². The smallest absolute Gasteiger partial charge is 0.337 e. The number of aliphatic carboxylic acids is 1. The number of carboxylic acid groups (broad SMARTS) is 1. The first-order valence-corrected chi connectivity index (χ1v) is 5.33. The lowest BCUT2D eigenvalue weighted by Gasteiger charge is -2.05. The molecule has 1 aromatic carbocycles. The summed E-state index contributed by atoms with van der Waals surface area (Å²) in [6, 6.07) is 4.92. The Labute approximate surface area is 99.4 Å². The van der Waals surface area contributed by atoms with Crippen LogP contribution in [0.25, 0.3) is 10.9 Å². The molecule has 1 unspecified atom stereocenters. The van der Waals surface area contributed by atoms with Gasteiger partial charge in [-0.05, 0) is 33.6 Å². The Morgan fingerprint density at radius 1 is 1.56 bits per heavy atom. The van der Waals surface area contributed by atoms with Gasteiger partial charge in [0.2, 0.25) is 0 Å². The molecule has 16 heavy (non-hydrogen) atoms. The standard InChI is InChI=1S/C10H9BrN2O3/c1-13-7-4-5(8(14)10(15)16)2-3-6(7)9(11)12-13/h2-4,8,14H,1H3,(H,15,16). The van der Waals surface area contributed by atoms with Gasteiger partial charge in [0.1, 0.15) is 4.60 Å². The van der Waals surface area contributed by atoms with E-state index in [0.717, 1.165) is 10.9 Å². The van der Waals surface area contributed by atoms with Gasteiger partial charge in [-0.15, -0.1) is 0 Å². The van der Waals surface area contributed by atoms with Gasteiger partial charge in [0.05, 0.1) is 5.52 Å². The molecule has 0 amide bonds. The minimum atomic E-state index is -1.50. The third-order valence-corrected chi connectivity index (χ3v) is 2.97. The number of halogens is 1. The monoisotopic (exact) mass is 284 g/mol. The zero-order valence-corrected chi connectivity index (χ0v) is 9.97. The number of aliphatic hydroxyl groups excluding tert-OH is 1. The number of aryl methyl sites for hydroxylation is 1. The van der Waals surface area contributed by atoms with Crippen molar-refractivity contribution in [3.8, 4) is 0 Å². The molecule has 2 N–H and O–H groups in total. The normalized spacial score (nSPS) is 12.9. The van der Waals surface area contributed by atoms with Crippen LogP contribution in [0.15, 0.2) is 22.8 Å². The highest BCUT2D eigenvalue weighted by Gasteiger charge is 2.17. The van der Waals surface area contributed by atoms with Crippen LogP contribution in [0.4, 0.5) is 0 Å². The van der Waals surface area contributed by atoms with Crippen LogP contribution in [-0.2, 0) is 11.8 Å². The molecular formula is C10H9BrN2O3. The van der Waals surface area contributed by atoms with Crippen molar-refractivity contribution < 1.29 is 15.0 Å². The van der Waals surface area contributed by atoms with E-state index in [4.69, 9.17) is 5.11 Å². The predicted molar refractivity (Wildman–Crippen MR) is 61.0 cm³/mol. The predicted octanol–water partition coefficient (Wildman–Crippen LogP) is 1.45. The summed E-state index contributed by atoms with van der Waals surface area (Å²) in [5.74, 6) is -1.26. The summed E-state index contributed by atoms with van der Waals surface area (Å²) >= 11 is 3.30. The van der Waals surface area contributed by atoms with Crippen molar-refractivity contribution in [2.45, 2.75) is 6.10 Å². The molecule has 6 heteroatoms. The Kier molecular flexibility index (Phi) is 2.69. The molecule has 0 aliphatic carbocycles. The number of rotatable bonds is 2. The van der Waals surface area contributed by atoms with Crippen molar-refractivity contribution in [3.05, 3.63) is 28.4 Å². The molecule has 1 atom stereocenters. The zero-order valence-electron chi connectivity index (χ0n) is 8.38. The first-order valence-electron chi connectivity index (χ1n) is 4.53. The Bertz CT molecular complexity index is 564. The fourth-order valence-electron chi connectivity index (χ4n) is 1.54. The molecule has 2 rings (SSSR count). The lowest BCUT2D eigenvalue weighted by molar-refractivity contribution is -0.146. The lowest BCUT2D eigenvalue weighted by atomic mass is 10.1. The van der Waals surface area contributed by atoms with Gasteiger partial charge in [-0.25, -0.2) is 4.79 Å². The summed E-state index contributed by atoms with van der Waals surface area (Å²) in [6.07, 6.45) is -1.50. The van der Waals surface area contributed by atoms with Crippen molar-refractivity contribution >= 4 is 32.8 Å². The highest BCUT2D eigenvalue weighted by molar-refractivity contribution is 9.10. The fraction of sp³-hybridized carbons (Fsp3) is 0.200. The molecule has 0 radical (unpaired) electrons. The molecule has 1 aromatic heterocycles. The number of carboxylic acids is 1. The van der Waals surface area contributed by atoms with Crippen molar-refractivity contribution in [2.75, 3.05) is 0 Å². The first-order chi connectivity index (χ1) is 7.50. The molecule has 5 nitrogen and oxygen atoms in total. The maximum Gasteiger partial charge on any atom is 0.337 e. The molecule has 0 bridgehead atoms. The third-order valence-electron chi connectivity index (χ3n) is 2.38. The van der Waals surface area contributed by atoms with E-state index in [9.17, 15) is 9.90 Å². The Balaban J connectivity index is 2.60. The molecule has 84 valence electrons. The van der Waals surface area contributed by atoms with E-state index in [0.29, 0.717) is 10.2 Å². The number of aromatic nitrogens is 2. The Morgan fingerprint density at radius 3 is 2.88 bits per heavy atom. The average molecular weight is 285 g/mol. The van der Waals surface area contributed by atoms with E-state index in [1.54, 1.807) is 29.9 Å². The van der Waals surface area contributed by atoms with E-state index in [1.807, 2.05) is 0 Å². The van der Waals surface area contributed by atoms with Crippen molar-refractivity contribution in [3.63, 3.8) is 0 Å². The van der Waals surface area contributed by atoms with Gasteiger partial charge < -0.3 is 10.2 Å². The van der Waals surface area contributed by atoms with E-state index in [2.05, 4.69) is 21.0 Å². The summed E-state index contributed by atoms with van der Waals surface area (Å²) in [5, 5.41) is 23.1. The van der Waals surface area contributed by atoms with Crippen molar-refractivity contribution in [1.82, 2.24) is 9.78 Å². The Morgan fingerprint density at radius 2 is 2.25 bits per heavy atom. The molecule has 0 spiro atoms. The average Bonchev–Trinajstić information content (AvgIpc) is 2.53. The number of fused-ring (bicyclic) bond motifs is 1. The molecule has 0 aliphatic rings. The second-order valence-electron chi connectivity index (χ2n) is 3.43. The largest absolute Gasteiger partial charge is 0.479 e. The number of nitrogens with zero attached hydrogens (tertiary/aromatic N) is 2. The van der Waals surface area contributed by atoms with Crippen LogP contribution < -0.4 is 0 Å². The summed E-state index contributed by atoms with van der Waals surface area (Å²) in [7, 11) is 1.75. The van der Waals surface area contributed by atoms with Crippen LogP contribution in [0, 0.1) is 0 Å². The summed E-state index contributed by atoms with van der Waals surface area (Å²) in [4.78, 5) is 10.6. The molecule has 1 heterocycles. The van der Waals surface area contributed by atoms with Crippen molar-refractivity contribution in [1.29, 1.82) is 0 Å². The van der Waals surface area contributed by atoms with Gasteiger partial charge in [0, 0.05) is 12.4 Å². The van der Waals surface area contributed by atoms with Gasteiger partial charge >= 0.3 is 5.97 Å². The third kappa shape index (κ3) is 1.70. The minimum absolute atomic E-state index is 0.343. The number of benzene rings is 1. The molecule has 0 aliphatic heterocycles. The number of hydrogen-bond donors (Lipinski definition) is 2. The molecular weight excluding hydrogens is 276 g/mol. The van der Waals surface area contributed by atoms with Crippen molar-refractivity contribution in [2.24, 2.45) is 7.05 Å². The van der Waals surface area contributed by atoms with Crippen LogP contribution in [0.5, 0.6) is 0 Å². The fourth-order valence-corrected chi connectivity index (χ4v) is 2.12. The van der Waals surface area contributed by atoms with Gasteiger partial charge in [-0.2, -0.15) is 5.10 Å². The maximum absolute atomic E-state index is 10.6. The second kappa shape index (κ2) is 3.88. The second-order valence-corrected chi connectivity index (χ2v) is 4.18. The summed E-state index contributed by atoms with van der Waals surface area (Å²) in [5.41, 5.74) is 1.11. The maximum atomic E-state index is 10.6. The topological polar surface area (TPSA) is 75.3 Å². The molecule has 0 saturated carbocycles. The van der Waals surface area contributed by atoms with Crippen LogP contribution in [0.2, 0.25) is 0 Å². The van der Waals surface area contributed by atoms with Gasteiger partial charge in [-0.3, -0.25) is 4.68 Å². The van der Waals surface area contributed by atoms with E-state index in [-0.39, 0.29) is 0 Å². The van der Waals surface area contributed by atoms with Crippen LogP contribution in [-0.4, -0.2) is 26.0 Å². The lowest BCUT2D eigenvalue weighted by Crippen LogP contribution is -2.10. The summed E-state index contributed by atoms with van der Waals surface area (Å²) < 4.78 is 2.32. The quantitative estimate of drug-likeness (QED) is 0.875. The van der Waals surface area contributed by atoms with Crippen LogP contribution in [0.3, 0.4) is 0 Å². The molecule has 2 aromatic rings. The van der Waals surface area contributed by atoms with Gasteiger partial charge in [-0.1, -0.05) is 6.07 Å². The number of aliphatic hydroxyl groups is 1.